The molecule has 2 aromatic rings. The molecule has 0 heterocycles. The number of non-ortho nitro benzene ring substituents is 1. The highest BCUT2D eigenvalue weighted by Gasteiger charge is 2.10. The summed E-state index contributed by atoms with van der Waals surface area (Å²) < 4.78 is 0.941. The van der Waals surface area contributed by atoms with Gasteiger partial charge in [-0.1, -0.05) is 6.07 Å². The number of hydrogen-bond acceptors (Lipinski definition) is 5. The molecule has 0 saturated carbocycles. The number of amides is 1. The Kier molecular flexibility index (Phi) is 5.45. The van der Waals surface area contributed by atoms with Crippen molar-refractivity contribution in [2.24, 2.45) is 5.10 Å². The predicted molar refractivity (Wildman–Crippen MR) is 91.7 cm³/mol. The fourth-order valence-corrected chi connectivity index (χ4v) is 2.87. The number of phenols is 1. The number of carbonyl (C=O) groups is 1. The Labute approximate surface area is 147 Å². The van der Waals surface area contributed by atoms with Crippen LogP contribution in [0.15, 0.2) is 50.4 Å². The molecule has 23 heavy (non-hydrogen) atoms. The molecule has 0 aromatic heterocycles. The predicted octanol–water partition coefficient (Wildman–Crippen LogP) is 3.59. The summed E-state index contributed by atoms with van der Waals surface area (Å²) in [6.07, 6.45) is 1.38. The number of aromatic hydroxyl groups is 1. The van der Waals surface area contributed by atoms with Crippen LogP contribution in [0.3, 0.4) is 0 Å². The molecule has 7 nitrogen and oxygen atoms in total. The van der Waals surface area contributed by atoms with Crippen LogP contribution >= 0.6 is 31.9 Å². The molecule has 0 atom stereocenters. The van der Waals surface area contributed by atoms with Crippen LogP contribution in [0.25, 0.3) is 0 Å². The van der Waals surface area contributed by atoms with Gasteiger partial charge >= 0.3 is 0 Å². The van der Waals surface area contributed by atoms with Crippen molar-refractivity contribution in [1.82, 2.24) is 5.43 Å². The van der Waals surface area contributed by atoms with E-state index in [2.05, 4.69) is 42.4 Å². The number of carbonyl (C=O) groups excluding carboxylic acids is 1. The zero-order chi connectivity index (χ0) is 17.0. The van der Waals surface area contributed by atoms with Gasteiger partial charge in [0.15, 0.2) is 0 Å². The van der Waals surface area contributed by atoms with E-state index in [1.807, 2.05) is 0 Å². The van der Waals surface area contributed by atoms with E-state index in [9.17, 15) is 20.0 Å². The van der Waals surface area contributed by atoms with Crippen molar-refractivity contribution in [1.29, 1.82) is 0 Å². The summed E-state index contributed by atoms with van der Waals surface area (Å²) in [4.78, 5) is 22.0. The normalized spacial score (nSPS) is 10.7. The van der Waals surface area contributed by atoms with Crippen molar-refractivity contribution >= 4 is 49.7 Å². The molecule has 0 aliphatic heterocycles. The van der Waals surface area contributed by atoms with Gasteiger partial charge in [-0.05, 0) is 55.6 Å². The van der Waals surface area contributed by atoms with E-state index in [0.717, 1.165) is 0 Å². The Bertz CT molecular complexity index is 785. The van der Waals surface area contributed by atoms with E-state index in [0.29, 0.717) is 14.5 Å². The molecule has 0 spiro atoms. The topological polar surface area (TPSA) is 105 Å². The number of nitro groups is 1. The van der Waals surface area contributed by atoms with E-state index in [-0.39, 0.29) is 17.0 Å². The summed E-state index contributed by atoms with van der Waals surface area (Å²) >= 11 is 6.37. The fraction of sp³-hybridized carbons (Fsp3) is 0. The van der Waals surface area contributed by atoms with E-state index < -0.39 is 10.8 Å². The second kappa shape index (κ2) is 7.34. The Morgan fingerprint density at radius 1 is 1.26 bits per heavy atom. The maximum Gasteiger partial charge on any atom is 0.271 e. The first-order chi connectivity index (χ1) is 10.9. The number of hydrazone groups is 1. The third-order valence-corrected chi connectivity index (χ3v) is 3.95. The van der Waals surface area contributed by atoms with Gasteiger partial charge in [0.1, 0.15) is 5.75 Å². The lowest BCUT2D eigenvalue weighted by Crippen LogP contribution is -2.17. The Morgan fingerprint density at radius 2 is 1.91 bits per heavy atom. The molecule has 0 fully saturated rings. The van der Waals surface area contributed by atoms with Crippen LogP contribution in [0, 0.1) is 10.1 Å². The second-order valence-corrected chi connectivity index (χ2v) is 6.05. The fourth-order valence-electron chi connectivity index (χ4n) is 1.65. The number of nitrogens with one attached hydrogen (secondary N) is 1. The second-order valence-electron chi connectivity index (χ2n) is 4.34. The number of nitrogens with zero attached hydrogens (tertiary/aromatic N) is 2. The molecule has 2 rings (SSSR count). The number of hydrogen-bond donors (Lipinski definition) is 2. The van der Waals surface area contributed by atoms with E-state index >= 15 is 0 Å². The molecular weight excluding hydrogens is 434 g/mol. The molecule has 0 aliphatic carbocycles. The summed E-state index contributed by atoms with van der Waals surface area (Å²) in [5, 5.41) is 24.1. The molecule has 1 amide bonds. The van der Waals surface area contributed by atoms with Crippen molar-refractivity contribution in [3.05, 3.63) is 66.6 Å². The molecule has 9 heteroatoms. The largest absolute Gasteiger partial charge is 0.506 e. The number of phenolic OH excluding ortho intramolecular Hbond substituents is 1. The summed E-state index contributed by atoms with van der Waals surface area (Å²) in [5.74, 6) is -0.510. The highest BCUT2D eigenvalue weighted by atomic mass is 79.9. The van der Waals surface area contributed by atoms with Crippen LogP contribution in [0.1, 0.15) is 15.9 Å². The molecule has 2 aromatic carbocycles. The minimum absolute atomic E-state index is 0.0581. The minimum atomic E-state index is -0.578. The number of rotatable bonds is 4. The van der Waals surface area contributed by atoms with Crippen LogP contribution in [-0.2, 0) is 0 Å². The Balaban J connectivity index is 2.10. The van der Waals surface area contributed by atoms with Crippen molar-refractivity contribution in [2.45, 2.75) is 0 Å². The van der Waals surface area contributed by atoms with Gasteiger partial charge in [-0.3, -0.25) is 14.9 Å². The SMILES string of the molecule is O=C(NN=Cc1cc(Br)c(O)c(Br)c1)c1cccc([N+](=O)[O-])c1. The third-order valence-electron chi connectivity index (χ3n) is 2.74. The van der Waals surface area contributed by atoms with Gasteiger partial charge in [0.05, 0.1) is 20.1 Å². The number of nitro benzene ring substituents is 1. The summed E-state index contributed by atoms with van der Waals surface area (Å²) in [7, 11) is 0. The van der Waals surface area contributed by atoms with Crippen molar-refractivity contribution in [3.8, 4) is 5.75 Å². The lowest BCUT2D eigenvalue weighted by Gasteiger charge is -2.02. The smallest absolute Gasteiger partial charge is 0.271 e. The standard InChI is InChI=1S/C14H9Br2N3O4/c15-11-4-8(5-12(16)13(11)20)7-17-18-14(21)9-2-1-3-10(6-9)19(22)23/h1-7,20H,(H,18,21). The van der Waals surface area contributed by atoms with Gasteiger partial charge in [-0.15, -0.1) is 0 Å². The van der Waals surface area contributed by atoms with Gasteiger partial charge in [-0.2, -0.15) is 5.10 Å². The lowest BCUT2D eigenvalue weighted by molar-refractivity contribution is -0.384. The first-order valence-corrected chi connectivity index (χ1v) is 7.73. The number of halogens is 2. The molecule has 0 unspecified atom stereocenters. The maximum atomic E-state index is 11.9. The number of benzene rings is 2. The van der Waals surface area contributed by atoms with Crippen LogP contribution in [-0.4, -0.2) is 22.2 Å². The van der Waals surface area contributed by atoms with Crippen LogP contribution in [0.4, 0.5) is 5.69 Å². The van der Waals surface area contributed by atoms with Crippen molar-refractivity contribution in [3.63, 3.8) is 0 Å². The highest BCUT2D eigenvalue weighted by molar-refractivity contribution is 9.11. The van der Waals surface area contributed by atoms with Gasteiger partial charge < -0.3 is 5.11 Å². The summed E-state index contributed by atoms with van der Waals surface area (Å²) in [5.41, 5.74) is 2.86. The minimum Gasteiger partial charge on any atom is -0.506 e. The zero-order valence-electron chi connectivity index (χ0n) is 11.4. The van der Waals surface area contributed by atoms with E-state index in [1.54, 1.807) is 12.1 Å². The monoisotopic (exact) mass is 441 g/mol. The van der Waals surface area contributed by atoms with Crippen molar-refractivity contribution in [2.75, 3.05) is 0 Å². The van der Waals surface area contributed by atoms with E-state index in [1.165, 1.54) is 30.5 Å². The molecular formula is C14H9Br2N3O4. The van der Waals surface area contributed by atoms with Crippen LogP contribution < -0.4 is 5.43 Å². The van der Waals surface area contributed by atoms with Gasteiger partial charge in [0, 0.05) is 17.7 Å². The van der Waals surface area contributed by atoms with Gasteiger partial charge in [0.25, 0.3) is 11.6 Å². The van der Waals surface area contributed by atoms with Crippen molar-refractivity contribution < 1.29 is 14.8 Å². The molecule has 118 valence electrons. The maximum absolute atomic E-state index is 11.9. The Hall–Kier alpha value is -2.26. The third kappa shape index (κ3) is 4.36. The van der Waals surface area contributed by atoms with Gasteiger partial charge in [0.2, 0.25) is 0 Å². The Morgan fingerprint density at radius 3 is 2.52 bits per heavy atom. The molecule has 0 saturated heterocycles. The van der Waals surface area contributed by atoms with Gasteiger partial charge in [-0.25, -0.2) is 5.43 Å². The average molecular weight is 443 g/mol. The zero-order valence-corrected chi connectivity index (χ0v) is 14.5. The van der Waals surface area contributed by atoms with E-state index in [4.69, 9.17) is 0 Å². The lowest BCUT2D eigenvalue weighted by atomic mass is 10.2. The first kappa shape index (κ1) is 17.1. The quantitative estimate of drug-likeness (QED) is 0.428. The van der Waals surface area contributed by atoms with Crippen LogP contribution in [0.2, 0.25) is 0 Å². The first-order valence-electron chi connectivity index (χ1n) is 6.14. The summed E-state index contributed by atoms with van der Waals surface area (Å²) in [6.45, 7) is 0. The molecule has 0 radical (unpaired) electrons. The summed E-state index contributed by atoms with van der Waals surface area (Å²) in [6, 6.07) is 8.56. The highest BCUT2D eigenvalue weighted by Crippen LogP contribution is 2.32. The molecule has 2 N–H and O–H groups in total. The average Bonchev–Trinajstić information content (AvgIpc) is 2.52. The molecule has 0 aliphatic rings. The molecule has 0 bridgehead atoms. The van der Waals surface area contributed by atoms with Crippen LogP contribution in [0.5, 0.6) is 5.75 Å².